The van der Waals surface area contributed by atoms with E-state index in [0.29, 0.717) is 11.7 Å². The molecule has 1 saturated heterocycles. The minimum absolute atomic E-state index is 0.292. The van der Waals surface area contributed by atoms with E-state index in [1.54, 1.807) is 12.1 Å². The summed E-state index contributed by atoms with van der Waals surface area (Å²) in [7, 11) is 0. The molecule has 2 heterocycles. The maximum Gasteiger partial charge on any atom is 0.116 e. The largest absolute Gasteiger partial charge is 0.508 e. The molecule has 0 unspecified atom stereocenters. The van der Waals surface area contributed by atoms with E-state index < -0.39 is 0 Å². The topological polar surface area (TPSA) is 50.1 Å². The Labute approximate surface area is 99.9 Å². The van der Waals surface area contributed by atoms with Crippen LogP contribution in [0.25, 0.3) is 11.3 Å². The Hall–Kier alpha value is -1.81. The van der Waals surface area contributed by atoms with Gasteiger partial charge in [-0.15, -0.1) is 0 Å². The Morgan fingerprint density at radius 3 is 3.00 bits per heavy atom. The van der Waals surface area contributed by atoms with E-state index in [-0.39, 0.29) is 0 Å². The van der Waals surface area contributed by atoms with Gasteiger partial charge in [0, 0.05) is 31.1 Å². The van der Waals surface area contributed by atoms with Crippen LogP contribution in [-0.4, -0.2) is 27.7 Å². The van der Waals surface area contributed by atoms with Gasteiger partial charge in [0.05, 0.1) is 18.2 Å². The van der Waals surface area contributed by atoms with Crippen molar-refractivity contribution in [3.8, 4) is 17.0 Å². The summed E-state index contributed by atoms with van der Waals surface area (Å²) in [5.74, 6) is 0.987. The number of phenolic OH excluding ortho intramolecular Hbond substituents is 1. The Balaban J connectivity index is 1.89. The maximum absolute atomic E-state index is 9.50. The molecule has 88 valence electrons. The van der Waals surface area contributed by atoms with Crippen molar-refractivity contribution >= 4 is 0 Å². The molecular formula is C13H15N3O. The first-order chi connectivity index (χ1) is 8.33. The third kappa shape index (κ3) is 2.03. The fourth-order valence-corrected chi connectivity index (χ4v) is 2.13. The lowest BCUT2D eigenvalue weighted by Gasteiger charge is -2.27. The maximum atomic E-state index is 9.50. The van der Waals surface area contributed by atoms with E-state index in [0.717, 1.165) is 30.9 Å². The van der Waals surface area contributed by atoms with Crippen molar-refractivity contribution in [1.29, 1.82) is 0 Å². The van der Waals surface area contributed by atoms with Crippen molar-refractivity contribution in [3.63, 3.8) is 0 Å². The van der Waals surface area contributed by atoms with Crippen molar-refractivity contribution in [2.45, 2.75) is 6.54 Å². The van der Waals surface area contributed by atoms with E-state index in [9.17, 15) is 5.11 Å². The van der Waals surface area contributed by atoms with Gasteiger partial charge in [-0.25, -0.2) is 4.98 Å². The van der Waals surface area contributed by atoms with Gasteiger partial charge in [-0.05, 0) is 12.1 Å². The lowest BCUT2D eigenvalue weighted by Crippen LogP contribution is -2.44. The molecule has 0 radical (unpaired) electrons. The Kier molecular flexibility index (Phi) is 2.57. The highest BCUT2D eigenvalue weighted by Crippen LogP contribution is 2.23. The molecule has 4 heteroatoms. The zero-order valence-electron chi connectivity index (χ0n) is 9.50. The van der Waals surface area contributed by atoms with Crippen molar-refractivity contribution in [3.05, 3.63) is 36.8 Å². The molecule has 17 heavy (non-hydrogen) atoms. The van der Waals surface area contributed by atoms with Gasteiger partial charge >= 0.3 is 0 Å². The standard InChI is InChI=1S/C13H15N3O/c17-12-3-1-2-11(4-12)13-7-15-9-16(13)8-10-5-14-6-10/h1-4,7,9-10,14,17H,5-6,8H2. The number of nitrogens with zero attached hydrogens (tertiary/aromatic N) is 2. The Morgan fingerprint density at radius 2 is 2.29 bits per heavy atom. The summed E-state index contributed by atoms with van der Waals surface area (Å²) < 4.78 is 2.15. The summed E-state index contributed by atoms with van der Waals surface area (Å²) in [6.07, 6.45) is 3.71. The first-order valence-corrected chi connectivity index (χ1v) is 5.83. The minimum Gasteiger partial charge on any atom is -0.508 e. The highest BCUT2D eigenvalue weighted by molar-refractivity contribution is 5.60. The zero-order valence-corrected chi connectivity index (χ0v) is 9.50. The van der Waals surface area contributed by atoms with E-state index in [2.05, 4.69) is 14.9 Å². The summed E-state index contributed by atoms with van der Waals surface area (Å²) in [4.78, 5) is 4.20. The predicted octanol–water partition coefficient (Wildman–Crippen LogP) is 1.48. The van der Waals surface area contributed by atoms with Gasteiger partial charge in [-0.1, -0.05) is 12.1 Å². The first-order valence-electron chi connectivity index (χ1n) is 5.83. The van der Waals surface area contributed by atoms with Gasteiger partial charge in [0.15, 0.2) is 0 Å². The minimum atomic E-state index is 0.292. The molecule has 2 aromatic rings. The molecule has 0 atom stereocenters. The molecule has 1 fully saturated rings. The number of benzene rings is 1. The smallest absolute Gasteiger partial charge is 0.116 e. The molecule has 1 aliphatic heterocycles. The fourth-order valence-electron chi connectivity index (χ4n) is 2.13. The molecule has 0 saturated carbocycles. The highest BCUT2D eigenvalue weighted by atomic mass is 16.3. The molecule has 1 aromatic carbocycles. The molecule has 0 amide bonds. The van der Waals surface area contributed by atoms with Crippen molar-refractivity contribution in [2.75, 3.05) is 13.1 Å². The van der Waals surface area contributed by atoms with Crippen LogP contribution in [-0.2, 0) is 6.54 Å². The van der Waals surface area contributed by atoms with E-state index in [1.165, 1.54) is 0 Å². The number of phenols is 1. The van der Waals surface area contributed by atoms with Gasteiger partial charge in [0.25, 0.3) is 0 Å². The van der Waals surface area contributed by atoms with Gasteiger partial charge in [0.1, 0.15) is 5.75 Å². The number of aromatic hydroxyl groups is 1. The third-order valence-corrected chi connectivity index (χ3v) is 3.18. The van der Waals surface area contributed by atoms with Crippen LogP contribution in [0.4, 0.5) is 0 Å². The van der Waals surface area contributed by atoms with Crippen LogP contribution in [0.15, 0.2) is 36.8 Å². The summed E-state index contributed by atoms with van der Waals surface area (Å²) in [6, 6.07) is 7.30. The second-order valence-corrected chi connectivity index (χ2v) is 4.51. The molecule has 0 spiro atoms. The van der Waals surface area contributed by atoms with Crippen molar-refractivity contribution in [2.24, 2.45) is 5.92 Å². The van der Waals surface area contributed by atoms with Crippen molar-refractivity contribution < 1.29 is 5.11 Å². The Bertz CT molecular complexity index is 517. The fraction of sp³-hybridized carbons (Fsp3) is 0.308. The molecule has 0 aliphatic carbocycles. The van der Waals surface area contributed by atoms with Gasteiger partial charge < -0.3 is 15.0 Å². The monoisotopic (exact) mass is 229 g/mol. The lowest BCUT2D eigenvalue weighted by molar-refractivity contribution is 0.308. The Morgan fingerprint density at radius 1 is 1.41 bits per heavy atom. The van der Waals surface area contributed by atoms with Crippen LogP contribution < -0.4 is 5.32 Å². The summed E-state index contributed by atoms with van der Waals surface area (Å²) >= 11 is 0. The lowest BCUT2D eigenvalue weighted by atomic mass is 10.0. The molecule has 2 N–H and O–H groups in total. The summed E-state index contributed by atoms with van der Waals surface area (Å²) in [5, 5.41) is 12.8. The van der Waals surface area contributed by atoms with Gasteiger partial charge in [-0.2, -0.15) is 0 Å². The van der Waals surface area contributed by atoms with Crippen LogP contribution in [0.1, 0.15) is 0 Å². The van der Waals surface area contributed by atoms with Crippen molar-refractivity contribution in [1.82, 2.24) is 14.9 Å². The normalized spacial score (nSPS) is 15.8. The van der Waals surface area contributed by atoms with E-state index >= 15 is 0 Å². The summed E-state index contributed by atoms with van der Waals surface area (Å²) in [5.41, 5.74) is 2.07. The number of rotatable bonds is 3. The average molecular weight is 229 g/mol. The number of aromatic nitrogens is 2. The van der Waals surface area contributed by atoms with E-state index in [4.69, 9.17) is 0 Å². The van der Waals surface area contributed by atoms with Crippen LogP contribution in [0.5, 0.6) is 5.75 Å². The summed E-state index contributed by atoms with van der Waals surface area (Å²) in [6.45, 7) is 3.15. The molecular weight excluding hydrogens is 214 g/mol. The predicted molar refractivity (Wildman–Crippen MR) is 65.7 cm³/mol. The van der Waals surface area contributed by atoms with Crippen LogP contribution in [0.2, 0.25) is 0 Å². The second-order valence-electron chi connectivity index (χ2n) is 4.51. The van der Waals surface area contributed by atoms with Gasteiger partial charge in [-0.3, -0.25) is 0 Å². The number of nitrogens with one attached hydrogen (secondary N) is 1. The van der Waals surface area contributed by atoms with Gasteiger partial charge in [0.2, 0.25) is 0 Å². The number of hydrogen-bond donors (Lipinski definition) is 2. The molecule has 3 rings (SSSR count). The average Bonchev–Trinajstić information content (AvgIpc) is 2.71. The van der Waals surface area contributed by atoms with Crippen LogP contribution in [0, 0.1) is 5.92 Å². The molecule has 4 nitrogen and oxygen atoms in total. The number of hydrogen-bond acceptors (Lipinski definition) is 3. The van der Waals surface area contributed by atoms with Crippen LogP contribution >= 0.6 is 0 Å². The second kappa shape index (κ2) is 4.22. The molecule has 0 bridgehead atoms. The first kappa shape index (κ1) is 10.4. The third-order valence-electron chi connectivity index (χ3n) is 3.18. The molecule has 1 aromatic heterocycles. The quantitative estimate of drug-likeness (QED) is 0.838. The number of imidazole rings is 1. The molecule has 1 aliphatic rings. The SMILES string of the molecule is Oc1cccc(-c2cncn2CC2CNC2)c1. The van der Waals surface area contributed by atoms with Crippen LogP contribution in [0.3, 0.4) is 0 Å². The van der Waals surface area contributed by atoms with E-state index in [1.807, 2.05) is 24.7 Å². The zero-order chi connectivity index (χ0) is 11.7. The highest BCUT2D eigenvalue weighted by Gasteiger charge is 2.18.